The van der Waals surface area contributed by atoms with Crippen LogP contribution in [0.25, 0.3) is 0 Å². The van der Waals surface area contributed by atoms with Crippen LogP contribution in [-0.2, 0) is 38.5 Å². The van der Waals surface area contributed by atoms with Crippen LogP contribution in [-0.4, -0.2) is 25.8 Å². The Balaban J connectivity index is 1.49. The quantitative estimate of drug-likeness (QED) is 0.627. The van der Waals surface area contributed by atoms with Crippen LogP contribution < -0.4 is 0 Å². The van der Waals surface area contributed by atoms with Crippen LogP contribution >= 0.6 is 0 Å². The number of hydrogen-bond donors (Lipinski definition) is 0. The number of carbonyl (C=O) groups excluding carboxylic acids is 1. The maximum atomic E-state index is 12.8. The predicted octanol–water partition coefficient (Wildman–Crippen LogP) is 3.97. The van der Waals surface area contributed by atoms with E-state index in [9.17, 15) is 31.1 Å². The highest BCUT2D eigenvalue weighted by Crippen LogP contribution is 2.34. The number of amides is 2. The van der Waals surface area contributed by atoms with E-state index in [4.69, 9.17) is 0 Å². The van der Waals surface area contributed by atoms with E-state index in [0.717, 1.165) is 24.5 Å². The Morgan fingerprint density at radius 3 is 1.50 bits per heavy atom. The molecule has 2 aliphatic rings. The van der Waals surface area contributed by atoms with Crippen molar-refractivity contribution in [1.82, 2.24) is 19.8 Å². The fourth-order valence-corrected chi connectivity index (χ4v) is 3.30. The molecule has 0 bridgehead atoms. The third-order valence-electron chi connectivity index (χ3n) is 4.72. The largest absolute Gasteiger partial charge is 0.417 e. The Kier molecular flexibility index (Phi) is 4.02. The molecule has 0 fully saturated rings. The minimum atomic E-state index is -4.53. The van der Waals surface area contributed by atoms with Gasteiger partial charge in [0.25, 0.3) is 0 Å². The van der Waals surface area contributed by atoms with Gasteiger partial charge in [0.05, 0.1) is 35.6 Å². The maximum Gasteiger partial charge on any atom is 0.417 e. The van der Waals surface area contributed by atoms with Crippen LogP contribution in [0.15, 0.2) is 24.5 Å². The van der Waals surface area contributed by atoms with Gasteiger partial charge in [-0.05, 0) is 23.3 Å². The molecule has 0 unspecified atom stereocenters. The molecule has 11 heteroatoms. The van der Waals surface area contributed by atoms with Crippen molar-refractivity contribution >= 4 is 6.03 Å². The molecule has 0 N–H and O–H groups in total. The molecule has 148 valence electrons. The van der Waals surface area contributed by atoms with E-state index in [1.807, 2.05) is 0 Å². The Hall–Kier alpha value is -2.85. The zero-order valence-electron chi connectivity index (χ0n) is 14.1. The van der Waals surface area contributed by atoms with Gasteiger partial charge in [-0.15, -0.1) is 0 Å². The summed E-state index contributed by atoms with van der Waals surface area (Å²) < 4.78 is 76.9. The van der Waals surface area contributed by atoms with Crippen molar-refractivity contribution in [2.75, 3.05) is 0 Å². The molecule has 0 radical (unpaired) electrons. The van der Waals surface area contributed by atoms with Crippen LogP contribution in [0.3, 0.4) is 0 Å². The molecule has 2 aromatic rings. The first-order chi connectivity index (χ1) is 13.0. The lowest BCUT2D eigenvalue weighted by molar-refractivity contribution is -0.138. The van der Waals surface area contributed by atoms with Crippen molar-refractivity contribution in [2.24, 2.45) is 0 Å². The maximum absolute atomic E-state index is 12.8. The number of hydrogen-bond acceptors (Lipinski definition) is 3. The summed E-state index contributed by atoms with van der Waals surface area (Å²) in [5, 5.41) is 0. The van der Waals surface area contributed by atoms with Crippen LogP contribution in [0.2, 0.25) is 0 Å². The molecule has 0 atom stereocenters. The first-order valence-corrected chi connectivity index (χ1v) is 8.16. The number of aromatic nitrogens is 2. The summed E-state index contributed by atoms with van der Waals surface area (Å²) in [5.74, 6) is 0. The molecule has 5 nitrogen and oxygen atoms in total. The highest BCUT2D eigenvalue weighted by atomic mass is 19.4. The van der Waals surface area contributed by atoms with E-state index >= 15 is 0 Å². The van der Waals surface area contributed by atoms with Crippen molar-refractivity contribution in [3.8, 4) is 0 Å². The van der Waals surface area contributed by atoms with E-state index in [1.165, 1.54) is 9.80 Å². The summed E-state index contributed by atoms with van der Waals surface area (Å²) in [6.45, 7) is -0.000912. The van der Waals surface area contributed by atoms with E-state index in [0.29, 0.717) is 22.5 Å². The normalized spacial score (nSPS) is 16.4. The molecule has 2 amide bonds. The smallest absolute Gasteiger partial charge is 0.314 e. The van der Waals surface area contributed by atoms with Crippen LogP contribution in [0, 0.1) is 0 Å². The number of halogens is 6. The second-order valence-electron chi connectivity index (χ2n) is 6.65. The van der Waals surface area contributed by atoms with E-state index in [1.54, 1.807) is 0 Å². The van der Waals surface area contributed by atoms with Crippen molar-refractivity contribution in [3.05, 3.63) is 58.2 Å². The molecule has 28 heavy (non-hydrogen) atoms. The number of fused-ring (bicyclic) bond motifs is 2. The average molecular weight is 402 g/mol. The summed E-state index contributed by atoms with van der Waals surface area (Å²) in [5.41, 5.74) is -0.433. The molecule has 0 saturated heterocycles. The summed E-state index contributed by atoms with van der Waals surface area (Å²) in [7, 11) is 0. The molecule has 0 aliphatic carbocycles. The van der Waals surface area contributed by atoms with Gasteiger partial charge in [-0.3, -0.25) is 9.97 Å². The Morgan fingerprint density at radius 1 is 0.750 bits per heavy atom. The molecular formula is C17H12F6N4O. The minimum Gasteiger partial charge on any atom is -0.314 e. The van der Waals surface area contributed by atoms with Gasteiger partial charge in [-0.25, -0.2) is 4.79 Å². The van der Waals surface area contributed by atoms with E-state index in [-0.39, 0.29) is 26.2 Å². The summed E-state index contributed by atoms with van der Waals surface area (Å²) in [6.07, 6.45) is -7.61. The van der Waals surface area contributed by atoms with Gasteiger partial charge in [-0.2, -0.15) is 26.3 Å². The van der Waals surface area contributed by atoms with Gasteiger partial charge in [0.15, 0.2) is 0 Å². The molecule has 0 saturated carbocycles. The number of carbonyl (C=O) groups is 1. The highest BCUT2D eigenvalue weighted by Gasteiger charge is 2.37. The first-order valence-electron chi connectivity index (χ1n) is 8.16. The van der Waals surface area contributed by atoms with Gasteiger partial charge in [0.2, 0.25) is 0 Å². The number of nitrogens with zero attached hydrogens (tertiary/aromatic N) is 4. The SMILES string of the molecule is O=C(N1Cc2cc(C(F)(F)F)cnc2C1)N1Cc2cc(C(F)(F)F)cnc2C1. The van der Waals surface area contributed by atoms with Crippen molar-refractivity contribution in [3.63, 3.8) is 0 Å². The predicted molar refractivity (Wildman–Crippen MR) is 82.4 cm³/mol. The Labute approximate surface area is 154 Å². The lowest BCUT2D eigenvalue weighted by atomic mass is 10.1. The number of rotatable bonds is 0. The Morgan fingerprint density at radius 2 is 1.14 bits per heavy atom. The third-order valence-corrected chi connectivity index (χ3v) is 4.72. The van der Waals surface area contributed by atoms with Crippen molar-refractivity contribution < 1.29 is 31.1 Å². The standard InChI is InChI=1S/C17H12F6N4O/c18-16(19,20)11-1-9-5-26(7-13(9)24-3-11)15(28)27-6-10-2-12(17(21,22)23)4-25-14(10)8-27/h1-4H,5-8H2. The van der Waals surface area contributed by atoms with Gasteiger partial charge in [0.1, 0.15) is 0 Å². The molecular weight excluding hydrogens is 390 g/mol. The second-order valence-corrected chi connectivity index (χ2v) is 6.65. The first kappa shape index (κ1) is 18.5. The van der Waals surface area contributed by atoms with Gasteiger partial charge in [0, 0.05) is 25.5 Å². The lowest BCUT2D eigenvalue weighted by Gasteiger charge is -2.23. The number of pyridine rings is 2. The highest BCUT2D eigenvalue weighted by molar-refractivity contribution is 5.76. The zero-order chi connectivity index (χ0) is 20.3. The fraction of sp³-hybridized carbons (Fsp3) is 0.353. The molecule has 2 aromatic heterocycles. The minimum absolute atomic E-state index is 0.0420. The molecule has 2 aliphatic heterocycles. The summed E-state index contributed by atoms with van der Waals surface area (Å²) in [6, 6.07) is 1.44. The molecule has 0 spiro atoms. The van der Waals surface area contributed by atoms with Crippen molar-refractivity contribution in [1.29, 1.82) is 0 Å². The second kappa shape index (κ2) is 6.08. The van der Waals surface area contributed by atoms with Crippen LogP contribution in [0.4, 0.5) is 31.1 Å². The lowest BCUT2D eigenvalue weighted by Crippen LogP contribution is -2.37. The zero-order valence-corrected chi connectivity index (χ0v) is 14.1. The summed E-state index contributed by atoms with van der Waals surface area (Å²) >= 11 is 0. The van der Waals surface area contributed by atoms with E-state index < -0.39 is 29.5 Å². The van der Waals surface area contributed by atoms with E-state index in [2.05, 4.69) is 9.97 Å². The van der Waals surface area contributed by atoms with Crippen molar-refractivity contribution in [2.45, 2.75) is 38.5 Å². The van der Waals surface area contributed by atoms with Crippen LogP contribution in [0.5, 0.6) is 0 Å². The van der Waals surface area contributed by atoms with Crippen LogP contribution in [0.1, 0.15) is 33.6 Å². The fourth-order valence-electron chi connectivity index (χ4n) is 3.30. The Bertz CT molecular complexity index is 880. The molecule has 4 heterocycles. The molecule has 0 aromatic carbocycles. The average Bonchev–Trinajstić information content (AvgIpc) is 3.22. The number of alkyl halides is 6. The third kappa shape index (κ3) is 3.25. The monoisotopic (exact) mass is 402 g/mol. The van der Waals surface area contributed by atoms with Gasteiger partial charge in [-0.1, -0.05) is 0 Å². The summed E-state index contributed by atoms with van der Waals surface area (Å²) in [4.78, 5) is 22.9. The van der Waals surface area contributed by atoms with Gasteiger partial charge < -0.3 is 9.80 Å². The van der Waals surface area contributed by atoms with Gasteiger partial charge >= 0.3 is 18.4 Å². The number of urea groups is 1. The molecule has 4 rings (SSSR count). The topological polar surface area (TPSA) is 49.3 Å².